The normalized spacial score (nSPS) is 10.9. The van der Waals surface area contributed by atoms with Gasteiger partial charge < -0.3 is 4.74 Å². The fourth-order valence-electron chi connectivity index (χ4n) is 2.63. The Hall–Kier alpha value is -3.71. The molecule has 0 aliphatic heterocycles. The van der Waals surface area contributed by atoms with Gasteiger partial charge in [-0.3, -0.25) is 9.89 Å². The van der Waals surface area contributed by atoms with Crippen LogP contribution in [0, 0.1) is 0 Å². The van der Waals surface area contributed by atoms with E-state index < -0.39 is 0 Å². The number of carbonyl (C=O) groups is 1. The molecule has 29 heavy (non-hydrogen) atoms. The third-order valence-electron chi connectivity index (χ3n) is 4.12. The second-order valence-corrected chi connectivity index (χ2v) is 7.16. The fraction of sp³-hybridized carbons (Fsp3) is 0.0455. The van der Waals surface area contributed by atoms with Crippen LogP contribution in [0.5, 0.6) is 5.75 Å². The Morgan fingerprint density at radius 2 is 1.93 bits per heavy atom. The van der Waals surface area contributed by atoms with Crippen molar-refractivity contribution in [2.45, 2.75) is 6.61 Å². The van der Waals surface area contributed by atoms with Crippen molar-refractivity contribution in [3.8, 4) is 17.0 Å². The predicted molar refractivity (Wildman–Crippen MR) is 114 cm³/mol. The van der Waals surface area contributed by atoms with Gasteiger partial charge >= 0.3 is 0 Å². The average molecular weight is 402 g/mol. The standard InChI is InChI=1S/C22H18N4O2S/c27-22(26-23-14-19-7-4-12-29-19)21-13-20(24-25-21)17-8-10-18(11-9-17)28-15-16-5-2-1-3-6-16/h1-14H,15H2,(H,24,25)(H,26,27). The van der Waals surface area contributed by atoms with Crippen molar-refractivity contribution in [1.29, 1.82) is 0 Å². The fourth-order valence-corrected chi connectivity index (χ4v) is 3.21. The van der Waals surface area contributed by atoms with Crippen LogP contribution >= 0.6 is 11.3 Å². The Morgan fingerprint density at radius 1 is 1.10 bits per heavy atom. The molecule has 0 radical (unpaired) electrons. The summed E-state index contributed by atoms with van der Waals surface area (Å²) in [5, 5.41) is 12.9. The van der Waals surface area contributed by atoms with E-state index in [-0.39, 0.29) is 5.91 Å². The molecule has 0 aliphatic rings. The van der Waals surface area contributed by atoms with Gasteiger partial charge in [0.15, 0.2) is 0 Å². The first-order chi connectivity index (χ1) is 14.3. The smallest absolute Gasteiger partial charge is 0.289 e. The molecule has 1 amide bonds. The number of H-pyrrole nitrogens is 1. The number of carbonyl (C=O) groups excluding carboxylic acids is 1. The van der Waals surface area contributed by atoms with Crippen molar-refractivity contribution in [2.75, 3.05) is 0 Å². The summed E-state index contributed by atoms with van der Waals surface area (Å²) in [7, 11) is 0. The molecule has 2 aromatic carbocycles. The number of aromatic nitrogens is 2. The highest BCUT2D eigenvalue weighted by atomic mass is 32.1. The monoisotopic (exact) mass is 402 g/mol. The van der Waals surface area contributed by atoms with Gasteiger partial charge in [0, 0.05) is 10.4 Å². The quantitative estimate of drug-likeness (QED) is 0.353. The van der Waals surface area contributed by atoms with E-state index in [4.69, 9.17) is 4.74 Å². The molecular weight excluding hydrogens is 384 g/mol. The lowest BCUT2D eigenvalue weighted by atomic mass is 10.1. The lowest BCUT2D eigenvalue weighted by molar-refractivity contribution is 0.0950. The van der Waals surface area contributed by atoms with E-state index >= 15 is 0 Å². The van der Waals surface area contributed by atoms with E-state index in [1.807, 2.05) is 72.1 Å². The van der Waals surface area contributed by atoms with Gasteiger partial charge in [0.1, 0.15) is 18.1 Å². The number of hydrogen-bond acceptors (Lipinski definition) is 5. The van der Waals surface area contributed by atoms with E-state index in [1.54, 1.807) is 23.6 Å². The van der Waals surface area contributed by atoms with Gasteiger partial charge in [-0.15, -0.1) is 11.3 Å². The largest absolute Gasteiger partial charge is 0.489 e. The number of hydrazone groups is 1. The van der Waals surface area contributed by atoms with Crippen LogP contribution in [0.3, 0.4) is 0 Å². The Morgan fingerprint density at radius 3 is 2.69 bits per heavy atom. The average Bonchev–Trinajstić information content (AvgIpc) is 3.46. The molecule has 0 bridgehead atoms. The number of ether oxygens (including phenoxy) is 1. The Bertz CT molecular complexity index is 1090. The van der Waals surface area contributed by atoms with Crippen molar-refractivity contribution in [3.05, 3.63) is 94.3 Å². The van der Waals surface area contributed by atoms with Crippen LogP contribution in [-0.2, 0) is 6.61 Å². The Balaban J connectivity index is 1.35. The summed E-state index contributed by atoms with van der Waals surface area (Å²) >= 11 is 1.54. The van der Waals surface area contributed by atoms with Gasteiger partial charge in [-0.2, -0.15) is 10.2 Å². The summed E-state index contributed by atoms with van der Waals surface area (Å²) < 4.78 is 5.79. The van der Waals surface area contributed by atoms with Crippen LogP contribution in [0.2, 0.25) is 0 Å². The van der Waals surface area contributed by atoms with E-state index in [9.17, 15) is 4.79 Å². The zero-order valence-corrected chi connectivity index (χ0v) is 16.2. The number of amides is 1. The van der Waals surface area contributed by atoms with E-state index in [0.717, 1.165) is 21.8 Å². The third-order valence-corrected chi connectivity index (χ3v) is 4.93. The highest BCUT2D eigenvalue weighted by molar-refractivity contribution is 7.11. The molecule has 2 aromatic heterocycles. The summed E-state index contributed by atoms with van der Waals surface area (Å²) in [5.41, 5.74) is 5.50. The van der Waals surface area contributed by atoms with Crippen molar-refractivity contribution in [3.63, 3.8) is 0 Å². The SMILES string of the molecule is O=C(NN=Cc1cccs1)c1cc(-c2ccc(OCc3ccccc3)cc2)n[nH]1. The molecule has 2 heterocycles. The first-order valence-corrected chi connectivity index (χ1v) is 9.85. The second-order valence-electron chi connectivity index (χ2n) is 6.18. The van der Waals surface area contributed by atoms with E-state index in [0.29, 0.717) is 18.0 Å². The maximum atomic E-state index is 12.2. The molecule has 0 fully saturated rings. The number of thiophene rings is 1. The number of benzene rings is 2. The number of aromatic amines is 1. The zero-order chi connectivity index (χ0) is 19.9. The molecule has 0 saturated carbocycles. The van der Waals surface area contributed by atoms with E-state index in [2.05, 4.69) is 20.7 Å². The van der Waals surface area contributed by atoms with Crippen LogP contribution in [0.4, 0.5) is 0 Å². The molecule has 7 heteroatoms. The van der Waals surface area contributed by atoms with Crippen LogP contribution in [0.25, 0.3) is 11.3 Å². The van der Waals surface area contributed by atoms with Crippen molar-refractivity contribution >= 4 is 23.5 Å². The Labute approximate surface area is 171 Å². The minimum atomic E-state index is -0.348. The van der Waals surface area contributed by atoms with Gasteiger partial charge in [-0.25, -0.2) is 5.43 Å². The van der Waals surface area contributed by atoms with Gasteiger partial charge in [-0.05, 0) is 47.3 Å². The number of rotatable bonds is 7. The first-order valence-electron chi connectivity index (χ1n) is 8.97. The first kappa shape index (κ1) is 18.6. The molecule has 4 aromatic rings. The van der Waals surface area contributed by atoms with Crippen LogP contribution < -0.4 is 10.2 Å². The van der Waals surface area contributed by atoms with Crippen molar-refractivity contribution in [1.82, 2.24) is 15.6 Å². The molecule has 0 aliphatic carbocycles. The molecule has 0 unspecified atom stereocenters. The lowest BCUT2D eigenvalue weighted by Gasteiger charge is -2.06. The summed E-state index contributed by atoms with van der Waals surface area (Å²) in [5.74, 6) is 0.424. The van der Waals surface area contributed by atoms with Gasteiger partial charge in [0.05, 0.1) is 11.9 Å². The summed E-state index contributed by atoms with van der Waals surface area (Å²) in [6.45, 7) is 0.513. The molecule has 2 N–H and O–H groups in total. The maximum absolute atomic E-state index is 12.2. The van der Waals surface area contributed by atoms with Gasteiger partial charge in [0.25, 0.3) is 5.91 Å². The maximum Gasteiger partial charge on any atom is 0.289 e. The molecule has 6 nitrogen and oxygen atoms in total. The summed E-state index contributed by atoms with van der Waals surface area (Å²) in [4.78, 5) is 13.1. The molecule has 0 atom stereocenters. The zero-order valence-electron chi connectivity index (χ0n) is 15.4. The molecule has 0 spiro atoms. The van der Waals surface area contributed by atoms with Crippen LogP contribution in [0.15, 0.2) is 83.3 Å². The molecule has 144 valence electrons. The molecular formula is C22H18N4O2S. The number of hydrogen-bond donors (Lipinski definition) is 2. The number of nitrogens with zero attached hydrogens (tertiary/aromatic N) is 2. The third kappa shape index (κ3) is 4.97. The van der Waals surface area contributed by atoms with Gasteiger partial charge in [-0.1, -0.05) is 36.4 Å². The van der Waals surface area contributed by atoms with Crippen LogP contribution in [0.1, 0.15) is 20.9 Å². The Kier molecular flexibility index (Phi) is 5.78. The summed E-state index contributed by atoms with van der Waals surface area (Å²) in [6, 6.07) is 23.1. The second kappa shape index (κ2) is 8.99. The van der Waals surface area contributed by atoms with E-state index in [1.165, 1.54) is 0 Å². The topological polar surface area (TPSA) is 79.4 Å². The van der Waals surface area contributed by atoms with Crippen LogP contribution in [-0.4, -0.2) is 22.3 Å². The number of nitrogens with one attached hydrogen (secondary N) is 2. The lowest BCUT2D eigenvalue weighted by Crippen LogP contribution is -2.17. The predicted octanol–water partition coefficient (Wildman–Crippen LogP) is 4.48. The molecule has 0 saturated heterocycles. The molecule has 4 rings (SSSR count). The highest BCUT2D eigenvalue weighted by Gasteiger charge is 2.10. The van der Waals surface area contributed by atoms with Gasteiger partial charge in [0.2, 0.25) is 0 Å². The minimum absolute atomic E-state index is 0.340. The highest BCUT2D eigenvalue weighted by Crippen LogP contribution is 2.22. The minimum Gasteiger partial charge on any atom is -0.489 e. The summed E-state index contributed by atoms with van der Waals surface area (Å²) in [6.07, 6.45) is 1.61. The van der Waals surface area contributed by atoms with Crippen molar-refractivity contribution < 1.29 is 9.53 Å². The van der Waals surface area contributed by atoms with Crippen molar-refractivity contribution in [2.24, 2.45) is 5.10 Å².